The van der Waals surface area contributed by atoms with Crippen molar-refractivity contribution in [3.63, 3.8) is 0 Å². The van der Waals surface area contributed by atoms with Crippen molar-refractivity contribution in [1.82, 2.24) is 5.01 Å². The van der Waals surface area contributed by atoms with Crippen LogP contribution in [-0.2, 0) is 4.79 Å². The highest BCUT2D eigenvalue weighted by atomic mass is 32.2. The predicted molar refractivity (Wildman–Crippen MR) is 138 cm³/mol. The summed E-state index contributed by atoms with van der Waals surface area (Å²) in [6, 6.07) is 16.1. The lowest BCUT2D eigenvalue weighted by atomic mass is 10.1. The van der Waals surface area contributed by atoms with Gasteiger partial charge in [-0.2, -0.15) is 15.1 Å². The van der Waals surface area contributed by atoms with E-state index in [1.54, 1.807) is 41.8 Å². The summed E-state index contributed by atoms with van der Waals surface area (Å²) in [7, 11) is 1.46. The maximum Gasteiger partial charge on any atom is 0.353 e. The number of benzene rings is 2. The summed E-state index contributed by atoms with van der Waals surface area (Å²) < 4.78 is 10.8. The van der Waals surface area contributed by atoms with Crippen LogP contribution in [0, 0.1) is 12.3 Å². The molecule has 0 saturated heterocycles. The van der Waals surface area contributed by atoms with Crippen LogP contribution in [0.15, 0.2) is 75.6 Å². The summed E-state index contributed by atoms with van der Waals surface area (Å²) in [6.45, 7) is 1.98. The van der Waals surface area contributed by atoms with Crippen molar-refractivity contribution >= 4 is 57.1 Å². The van der Waals surface area contributed by atoms with Crippen LogP contribution >= 0.6 is 23.1 Å². The first-order chi connectivity index (χ1) is 16.9. The third-order valence-electron chi connectivity index (χ3n) is 5.25. The maximum atomic E-state index is 12.8. The van der Waals surface area contributed by atoms with E-state index >= 15 is 0 Å². The lowest BCUT2D eigenvalue weighted by molar-refractivity contribution is -0.114. The third kappa shape index (κ3) is 4.41. The number of thioether (sulfide) groups is 1. The van der Waals surface area contributed by atoms with Gasteiger partial charge in [0, 0.05) is 5.56 Å². The first-order valence-corrected chi connectivity index (χ1v) is 12.1. The van der Waals surface area contributed by atoms with Gasteiger partial charge in [-0.3, -0.25) is 10.2 Å². The monoisotopic (exact) mass is 502 g/mol. The van der Waals surface area contributed by atoms with Gasteiger partial charge >= 0.3 is 5.97 Å². The van der Waals surface area contributed by atoms with Crippen LogP contribution in [0.3, 0.4) is 0 Å². The van der Waals surface area contributed by atoms with Gasteiger partial charge < -0.3 is 9.47 Å². The molecule has 0 atom stereocenters. The van der Waals surface area contributed by atoms with Crippen molar-refractivity contribution in [1.29, 1.82) is 5.41 Å². The highest BCUT2D eigenvalue weighted by Crippen LogP contribution is 2.33. The Balaban J connectivity index is 1.42. The number of fused-ring (bicyclic) bond motifs is 1. The molecular weight excluding hydrogens is 484 g/mol. The Labute approximate surface area is 209 Å². The van der Waals surface area contributed by atoms with Gasteiger partial charge in [0.1, 0.15) is 9.92 Å². The molecule has 0 bridgehead atoms. The molecule has 8 nitrogen and oxygen atoms in total. The van der Waals surface area contributed by atoms with Gasteiger partial charge in [0.2, 0.25) is 5.17 Å². The smallest absolute Gasteiger partial charge is 0.353 e. The van der Waals surface area contributed by atoms with Gasteiger partial charge in [0.05, 0.1) is 12.7 Å². The van der Waals surface area contributed by atoms with E-state index in [0.717, 1.165) is 11.1 Å². The molecule has 0 saturated carbocycles. The summed E-state index contributed by atoms with van der Waals surface area (Å²) in [4.78, 5) is 29.7. The molecule has 2 aliphatic rings. The highest BCUT2D eigenvalue weighted by molar-refractivity contribution is 8.27. The Morgan fingerprint density at radius 3 is 2.69 bits per heavy atom. The van der Waals surface area contributed by atoms with Crippen LogP contribution < -0.4 is 9.47 Å². The molecular formula is C25H18N4O4S2. The zero-order valence-electron chi connectivity index (χ0n) is 18.6. The molecule has 1 amide bonds. The molecule has 0 fully saturated rings. The zero-order valence-corrected chi connectivity index (χ0v) is 20.3. The minimum absolute atomic E-state index is 0.0664. The second-order valence-electron chi connectivity index (χ2n) is 7.52. The van der Waals surface area contributed by atoms with Gasteiger partial charge in [0.25, 0.3) is 5.91 Å². The van der Waals surface area contributed by atoms with E-state index in [0.29, 0.717) is 26.4 Å². The number of hydrogen-bond donors (Lipinski definition) is 1. The van der Waals surface area contributed by atoms with E-state index in [1.165, 1.54) is 35.2 Å². The van der Waals surface area contributed by atoms with E-state index in [1.807, 2.05) is 31.2 Å². The summed E-state index contributed by atoms with van der Waals surface area (Å²) in [5.41, 5.74) is 2.64. The lowest BCUT2D eigenvalue weighted by Gasteiger charge is -2.20. The molecule has 1 N–H and O–H groups in total. The number of nitrogens with zero attached hydrogens (tertiary/aromatic N) is 3. The molecule has 0 aliphatic carbocycles. The number of aryl methyl sites for hydroxylation is 1. The fraction of sp³-hybridized carbons (Fsp3) is 0.0800. The Morgan fingerprint density at radius 1 is 1.11 bits per heavy atom. The molecule has 0 radical (unpaired) electrons. The van der Waals surface area contributed by atoms with E-state index in [2.05, 4.69) is 10.1 Å². The van der Waals surface area contributed by atoms with Crippen LogP contribution in [0.25, 0.3) is 6.08 Å². The Bertz CT molecular complexity index is 1460. The molecule has 2 aliphatic heterocycles. The number of ether oxygens (including phenoxy) is 2. The van der Waals surface area contributed by atoms with Crippen molar-refractivity contribution in [2.45, 2.75) is 6.92 Å². The van der Waals surface area contributed by atoms with Gasteiger partial charge in [-0.05, 0) is 59.5 Å². The number of nitrogens with one attached hydrogen (secondary N) is 1. The third-order valence-corrected chi connectivity index (χ3v) is 7.05. The van der Waals surface area contributed by atoms with Crippen molar-refractivity contribution in [3.8, 4) is 11.5 Å². The second kappa shape index (κ2) is 9.32. The molecule has 0 unspecified atom stereocenters. The van der Waals surface area contributed by atoms with Crippen molar-refractivity contribution in [2.75, 3.05) is 7.11 Å². The van der Waals surface area contributed by atoms with Gasteiger partial charge in [0.15, 0.2) is 17.3 Å². The van der Waals surface area contributed by atoms with Crippen molar-refractivity contribution in [3.05, 3.63) is 87.1 Å². The highest BCUT2D eigenvalue weighted by Gasteiger charge is 2.36. The van der Waals surface area contributed by atoms with Crippen LogP contribution in [0.4, 0.5) is 0 Å². The fourth-order valence-electron chi connectivity index (χ4n) is 3.48. The molecule has 3 heterocycles. The molecule has 1 aromatic heterocycles. The predicted octanol–water partition coefficient (Wildman–Crippen LogP) is 4.95. The molecule has 5 rings (SSSR count). The number of amides is 1. The zero-order chi connectivity index (χ0) is 24.5. The Hall–Kier alpha value is -4.02. The fourth-order valence-corrected chi connectivity index (χ4v) is 5.06. The molecule has 3 aromatic rings. The van der Waals surface area contributed by atoms with Crippen molar-refractivity contribution in [2.24, 2.45) is 10.1 Å². The van der Waals surface area contributed by atoms with Crippen molar-refractivity contribution < 1.29 is 19.1 Å². The lowest BCUT2D eigenvalue weighted by Crippen LogP contribution is -2.35. The standard InChI is InChI=1S/C25H18N4O4S2/c1-14-6-3-4-7-16(14)23-28-29-21(26)17(22(30)27-25(29)35-23)12-15-9-10-18(19(13-15)32-2)33-24(31)20-8-5-11-34-20/h3-13,26H,1-2H3/b17-12-,26-21?. The van der Waals surface area contributed by atoms with Gasteiger partial charge in [-0.1, -0.05) is 36.4 Å². The number of esters is 1. The average molecular weight is 503 g/mol. The molecule has 10 heteroatoms. The largest absolute Gasteiger partial charge is 0.493 e. The summed E-state index contributed by atoms with van der Waals surface area (Å²) in [5.74, 6) is -0.503. The average Bonchev–Trinajstić information content (AvgIpc) is 3.53. The number of carbonyl (C=O) groups excluding carboxylic acids is 2. The number of methoxy groups -OCH3 is 1. The van der Waals surface area contributed by atoms with E-state index < -0.39 is 11.9 Å². The number of hydrogen-bond acceptors (Lipinski definition) is 8. The summed E-state index contributed by atoms with van der Waals surface area (Å²) >= 11 is 2.54. The first kappa shape index (κ1) is 22.8. The van der Waals surface area contributed by atoms with E-state index in [9.17, 15) is 9.59 Å². The number of aliphatic imine (C=N–C) groups is 1. The van der Waals surface area contributed by atoms with Crippen LogP contribution in [0.2, 0.25) is 0 Å². The molecule has 174 valence electrons. The number of hydrazone groups is 1. The number of amidine groups is 2. The van der Waals surface area contributed by atoms with Gasteiger partial charge in [-0.15, -0.1) is 11.3 Å². The summed E-state index contributed by atoms with van der Waals surface area (Å²) in [6.07, 6.45) is 1.55. The number of thiophene rings is 1. The quantitative estimate of drug-likeness (QED) is 0.301. The topological polar surface area (TPSA) is 104 Å². The van der Waals surface area contributed by atoms with Crippen LogP contribution in [0.1, 0.15) is 26.4 Å². The number of rotatable bonds is 5. The SMILES string of the molecule is COc1cc(/C=C2/C(=N)N3N=C(c4ccccc4C)SC3=NC2=O)ccc1OC(=O)c1cccs1. The van der Waals surface area contributed by atoms with E-state index in [4.69, 9.17) is 14.9 Å². The van der Waals surface area contributed by atoms with Crippen LogP contribution in [0.5, 0.6) is 11.5 Å². The molecule has 35 heavy (non-hydrogen) atoms. The minimum atomic E-state index is -0.526. The minimum Gasteiger partial charge on any atom is -0.493 e. The Kier molecular flexibility index (Phi) is 6.06. The summed E-state index contributed by atoms with van der Waals surface area (Å²) in [5, 5.41) is 17.3. The molecule has 0 spiro atoms. The van der Waals surface area contributed by atoms with Crippen LogP contribution in [-0.4, -0.2) is 40.0 Å². The maximum absolute atomic E-state index is 12.8. The van der Waals surface area contributed by atoms with Gasteiger partial charge in [-0.25, -0.2) is 4.79 Å². The first-order valence-electron chi connectivity index (χ1n) is 10.4. The molecule has 2 aromatic carbocycles. The Morgan fingerprint density at radius 2 is 1.94 bits per heavy atom. The second-order valence-corrected chi connectivity index (χ2v) is 9.42. The number of carbonyl (C=O) groups is 2. The normalized spacial score (nSPS) is 16.2. The van der Waals surface area contributed by atoms with E-state index in [-0.39, 0.29) is 17.2 Å².